The maximum atomic E-state index is 12.4. The molecule has 0 N–H and O–H groups in total. The fourth-order valence-electron chi connectivity index (χ4n) is 3.67. The number of fused-ring (bicyclic) bond motifs is 1. The lowest BCUT2D eigenvalue weighted by Crippen LogP contribution is -1.93. The summed E-state index contributed by atoms with van der Waals surface area (Å²) in [6.45, 7) is 0. The Morgan fingerprint density at radius 2 is 1.78 bits per heavy atom. The number of benzene rings is 2. The largest absolute Gasteiger partial charge is 0.455 e. The molecule has 0 spiro atoms. The lowest BCUT2D eigenvalue weighted by molar-refractivity contribution is 0.622. The second kappa shape index (κ2) is 5.97. The minimum atomic E-state index is -1.09. The van der Waals surface area contributed by atoms with Gasteiger partial charge in [-0.25, -0.2) is 0 Å². The van der Waals surface area contributed by atoms with Gasteiger partial charge >= 0.3 is 0 Å². The molecule has 23 heavy (non-hydrogen) atoms. The van der Waals surface area contributed by atoms with Crippen LogP contribution in [-0.2, 0) is 10.8 Å². The van der Waals surface area contributed by atoms with Crippen molar-refractivity contribution in [2.24, 2.45) is 0 Å². The molecule has 1 aromatic heterocycles. The van der Waals surface area contributed by atoms with E-state index in [1.54, 1.807) is 6.26 Å². The van der Waals surface area contributed by atoms with E-state index in [2.05, 4.69) is 12.1 Å². The predicted molar refractivity (Wildman–Crippen MR) is 95.2 cm³/mol. The van der Waals surface area contributed by atoms with Crippen LogP contribution >= 0.6 is 0 Å². The highest BCUT2D eigenvalue weighted by Gasteiger charge is 2.22. The zero-order valence-electron chi connectivity index (χ0n) is 13.2. The lowest BCUT2D eigenvalue weighted by atomic mass is 9.96. The van der Waals surface area contributed by atoms with E-state index in [-0.39, 0.29) is 0 Å². The molecule has 1 aliphatic carbocycles. The Hall–Kier alpha value is -1.87. The first-order valence-electron chi connectivity index (χ1n) is 8.19. The summed E-state index contributed by atoms with van der Waals surface area (Å²) in [4.78, 5) is 0.825. The van der Waals surface area contributed by atoms with Gasteiger partial charge in [0, 0.05) is 17.2 Å². The van der Waals surface area contributed by atoms with Crippen LogP contribution in [0.15, 0.2) is 57.8 Å². The lowest BCUT2D eigenvalue weighted by Gasteiger charge is -2.09. The molecular formula is C20H20O2S. The molecule has 2 aromatic carbocycles. The zero-order valence-corrected chi connectivity index (χ0v) is 14.1. The first-order valence-corrected chi connectivity index (χ1v) is 9.75. The molecule has 1 unspecified atom stereocenters. The quantitative estimate of drug-likeness (QED) is 0.637. The SMILES string of the molecule is CS(=O)c1c(-c2ccccc2)oc2ccc(C3CCCC3)cc12. The first kappa shape index (κ1) is 14.7. The predicted octanol–water partition coefficient (Wildman–Crippen LogP) is 5.49. The summed E-state index contributed by atoms with van der Waals surface area (Å²) in [5.41, 5.74) is 3.18. The van der Waals surface area contributed by atoms with Gasteiger partial charge in [-0.15, -0.1) is 0 Å². The topological polar surface area (TPSA) is 30.2 Å². The van der Waals surface area contributed by atoms with Gasteiger partial charge in [0.2, 0.25) is 0 Å². The van der Waals surface area contributed by atoms with E-state index in [1.165, 1.54) is 31.2 Å². The summed E-state index contributed by atoms with van der Waals surface area (Å²) in [5, 5.41) is 1.01. The van der Waals surface area contributed by atoms with E-state index < -0.39 is 10.8 Å². The minimum Gasteiger partial charge on any atom is -0.455 e. The van der Waals surface area contributed by atoms with Crippen LogP contribution in [0.2, 0.25) is 0 Å². The Balaban J connectivity index is 1.91. The Morgan fingerprint density at radius 1 is 1.04 bits per heavy atom. The number of furan rings is 1. The molecule has 1 aliphatic rings. The van der Waals surface area contributed by atoms with E-state index in [0.717, 1.165) is 27.2 Å². The standard InChI is InChI=1S/C20H20O2S/c1-23(21)20-17-13-16(14-7-5-6-8-14)11-12-18(17)22-19(20)15-9-3-2-4-10-15/h2-4,9-14H,5-8H2,1H3. The van der Waals surface area contributed by atoms with Crippen molar-refractivity contribution in [3.63, 3.8) is 0 Å². The summed E-state index contributed by atoms with van der Waals surface area (Å²) in [7, 11) is -1.09. The van der Waals surface area contributed by atoms with Gasteiger partial charge in [-0.2, -0.15) is 0 Å². The molecule has 3 heteroatoms. The van der Waals surface area contributed by atoms with Crippen molar-refractivity contribution in [1.29, 1.82) is 0 Å². The average molecular weight is 324 g/mol. The first-order chi connectivity index (χ1) is 11.2. The van der Waals surface area contributed by atoms with Gasteiger partial charge in [0.1, 0.15) is 5.58 Å². The van der Waals surface area contributed by atoms with Gasteiger partial charge in [-0.1, -0.05) is 49.2 Å². The van der Waals surface area contributed by atoms with Crippen LogP contribution in [0.5, 0.6) is 0 Å². The molecule has 4 rings (SSSR count). The van der Waals surface area contributed by atoms with Crippen molar-refractivity contribution < 1.29 is 8.63 Å². The highest BCUT2D eigenvalue weighted by molar-refractivity contribution is 7.84. The van der Waals surface area contributed by atoms with Gasteiger partial charge in [-0.05, 0) is 36.5 Å². The van der Waals surface area contributed by atoms with Crippen LogP contribution in [0, 0.1) is 0 Å². The second-order valence-electron chi connectivity index (χ2n) is 6.32. The molecule has 118 valence electrons. The third kappa shape index (κ3) is 2.63. The molecule has 0 aliphatic heterocycles. The molecule has 3 aromatic rings. The number of hydrogen-bond donors (Lipinski definition) is 0. The molecule has 1 fully saturated rings. The van der Waals surface area contributed by atoms with E-state index in [1.807, 2.05) is 36.4 Å². The molecule has 1 heterocycles. The van der Waals surface area contributed by atoms with E-state index in [9.17, 15) is 4.21 Å². The Morgan fingerprint density at radius 3 is 2.48 bits per heavy atom. The molecule has 0 amide bonds. The summed E-state index contributed by atoms with van der Waals surface area (Å²) in [6.07, 6.45) is 6.89. The summed E-state index contributed by atoms with van der Waals surface area (Å²) < 4.78 is 18.5. The molecule has 0 bridgehead atoms. The fraction of sp³-hybridized carbons (Fsp3) is 0.300. The van der Waals surface area contributed by atoms with E-state index in [0.29, 0.717) is 5.92 Å². The second-order valence-corrected chi connectivity index (χ2v) is 7.63. The van der Waals surface area contributed by atoms with Crippen LogP contribution in [-0.4, -0.2) is 10.5 Å². The molecular weight excluding hydrogens is 304 g/mol. The monoisotopic (exact) mass is 324 g/mol. The van der Waals surface area contributed by atoms with Crippen LogP contribution in [0.3, 0.4) is 0 Å². The highest BCUT2D eigenvalue weighted by Crippen LogP contribution is 2.40. The normalized spacial score (nSPS) is 16.9. The smallest absolute Gasteiger partial charge is 0.151 e. The zero-order chi connectivity index (χ0) is 15.8. The molecule has 2 nitrogen and oxygen atoms in total. The van der Waals surface area contributed by atoms with Crippen molar-refractivity contribution in [2.45, 2.75) is 36.5 Å². The molecule has 1 saturated carbocycles. The highest BCUT2D eigenvalue weighted by atomic mass is 32.2. The van der Waals surface area contributed by atoms with Gasteiger partial charge < -0.3 is 4.42 Å². The van der Waals surface area contributed by atoms with E-state index in [4.69, 9.17) is 4.42 Å². The van der Waals surface area contributed by atoms with Crippen molar-refractivity contribution in [2.75, 3.05) is 6.26 Å². The molecule has 0 saturated heterocycles. The number of hydrogen-bond acceptors (Lipinski definition) is 2. The van der Waals surface area contributed by atoms with Gasteiger partial charge in [0.25, 0.3) is 0 Å². The van der Waals surface area contributed by atoms with Gasteiger partial charge in [-0.3, -0.25) is 4.21 Å². The third-order valence-electron chi connectivity index (χ3n) is 4.82. The van der Waals surface area contributed by atoms with Crippen LogP contribution in [0.4, 0.5) is 0 Å². The van der Waals surface area contributed by atoms with E-state index >= 15 is 0 Å². The Kier molecular flexibility index (Phi) is 3.82. The van der Waals surface area contributed by atoms with Crippen LogP contribution in [0.1, 0.15) is 37.2 Å². The van der Waals surface area contributed by atoms with Crippen molar-refractivity contribution in [1.82, 2.24) is 0 Å². The number of rotatable bonds is 3. The average Bonchev–Trinajstić information content (AvgIpc) is 3.22. The van der Waals surface area contributed by atoms with Crippen LogP contribution in [0.25, 0.3) is 22.3 Å². The summed E-state index contributed by atoms with van der Waals surface area (Å²) >= 11 is 0. The molecule has 0 radical (unpaired) electrons. The van der Waals surface area contributed by atoms with Gasteiger partial charge in [0.15, 0.2) is 5.76 Å². The molecule has 1 atom stereocenters. The van der Waals surface area contributed by atoms with Crippen molar-refractivity contribution in [3.05, 3.63) is 54.1 Å². The van der Waals surface area contributed by atoms with Crippen molar-refractivity contribution >= 4 is 21.8 Å². The third-order valence-corrected chi connectivity index (χ3v) is 5.80. The van der Waals surface area contributed by atoms with Gasteiger partial charge in [0.05, 0.1) is 15.7 Å². The Bertz CT molecular complexity index is 858. The minimum absolute atomic E-state index is 0.646. The van der Waals surface area contributed by atoms with Crippen LogP contribution < -0.4 is 0 Å². The maximum Gasteiger partial charge on any atom is 0.151 e. The summed E-state index contributed by atoms with van der Waals surface area (Å²) in [6, 6.07) is 16.4. The maximum absolute atomic E-state index is 12.4. The van der Waals surface area contributed by atoms with Crippen molar-refractivity contribution in [3.8, 4) is 11.3 Å². The fourth-order valence-corrected chi connectivity index (χ4v) is 4.56. The Labute approximate surface area is 139 Å². The summed E-state index contributed by atoms with van der Waals surface area (Å²) in [5.74, 6) is 1.39.